The molecular formula is C64H62N8O10. The molecule has 6 heterocycles. The van der Waals surface area contributed by atoms with Gasteiger partial charge in [-0.25, -0.2) is 9.59 Å². The zero-order chi connectivity index (χ0) is 56.9. The highest BCUT2D eigenvalue weighted by atomic mass is 16.6. The molecule has 4 unspecified atom stereocenters. The van der Waals surface area contributed by atoms with Gasteiger partial charge in [0.1, 0.15) is 11.5 Å². The first kappa shape index (κ1) is 53.6. The summed E-state index contributed by atoms with van der Waals surface area (Å²) in [6, 6.07) is 38.2. The van der Waals surface area contributed by atoms with Gasteiger partial charge in [0.05, 0.1) is 13.2 Å². The second kappa shape index (κ2) is 21.8. The van der Waals surface area contributed by atoms with Gasteiger partial charge in [0, 0.05) is 95.4 Å². The maximum atomic E-state index is 13.9. The van der Waals surface area contributed by atoms with E-state index in [1.165, 1.54) is 0 Å². The summed E-state index contributed by atoms with van der Waals surface area (Å²) >= 11 is 0. The van der Waals surface area contributed by atoms with Crippen LogP contribution in [0.4, 0.5) is 11.4 Å². The minimum absolute atomic E-state index is 0.264. The lowest BCUT2D eigenvalue weighted by Gasteiger charge is -2.33. The molecular weight excluding hydrogens is 1040 g/mol. The van der Waals surface area contributed by atoms with E-state index in [0.29, 0.717) is 96.6 Å². The molecule has 18 nitrogen and oxygen atoms in total. The Bertz CT molecular complexity index is 3540. The number of aromatic nitrogens is 4. The fourth-order valence-corrected chi connectivity index (χ4v) is 12.1. The van der Waals surface area contributed by atoms with Crippen LogP contribution in [0.1, 0.15) is 93.3 Å². The van der Waals surface area contributed by atoms with Crippen molar-refractivity contribution in [1.82, 2.24) is 30.1 Å². The lowest BCUT2D eigenvalue weighted by atomic mass is 9.75. The van der Waals surface area contributed by atoms with Gasteiger partial charge in [-0.3, -0.25) is 19.4 Å². The van der Waals surface area contributed by atoms with Gasteiger partial charge in [0.15, 0.2) is 12.5 Å². The maximum absolute atomic E-state index is 13.9. The fourth-order valence-electron chi connectivity index (χ4n) is 12.1. The molecule has 82 heavy (non-hydrogen) atoms. The highest BCUT2D eigenvalue weighted by Crippen LogP contribution is 2.50. The number of hydrogen-bond donors (Lipinski definition) is 2. The van der Waals surface area contributed by atoms with Gasteiger partial charge in [0.25, 0.3) is 11.8 Å². The molecule has 4 aliphatic rings. The van der Waals surface area contributed by atoms with E-state index < -0.39 is 35.2 Å². The predicted molar refractivity (Wildman–Crippen MR) is 305 cm³/mol. The number of ether oxygens (including phenoxy) is 4. The van der Waals surface area contributed by atoms with Crippen molar-refractivity contribution in [2.24, 2.45) is 0 Å². The van der Waals surface area contributed by atoms with E-state index in [1.54, 1.807) is 13.8 Å². The van der Waals surface area contributed by atoms with Gasteiger partial charge in [-0.1, -0.05) is 58.8 Å². The van der Waals surface area contributed by atoms with Crippen LogP contribution in [0.15, 0.2) is 130 Å². The van der Waals surface area contributed by atoms with Crippen molar-refractivity contribution >= 4 is 35.1 Å². The van der Waals surface area contributed by atoms with Crippen molar-refractivity contribution in [3.8, 4) is 56.5 Å². The van der Waals surface area contributed by atoms with Crippen LogP contribution in [0, 0.1) is 27.7 Å². The molecule has 4 atom stereocenters. The van der Waals surface area contributed by atoms with Crippen LogP contribution in [0.2, 0.25) is 0 Å². The molecule has 0 bridgehead atoms. The lowest BCUT2D eigenvalue weighted by molar-refractivity contribution is -0.185. The standard InChI is InChI=1S/C64H62N8O10/c1-37-29-45(57-65-39(3)81-69-57)17-21-49(37)41-9-13-43(14-10-41)59(73)67-47-19-23-53-51(31-47)63(35-77-53)25-7-27-71(5)55(33-63)79-61(75)62(76)80-56-34-64(26-8-28-72(56)6)36-78-54-24-20-48(32-52(54)64)68-60(74)44-15-11-42(12-16-44)50-22-18-46(30-38(50)2)58-66-40(4)82-70-58/h9-24,29-32,55-56H,7-8,25-28,33-36H2,1-6H3,(H,67,73)(H,68,74). The molecule has 2 amide bonds. The van der Waals surface area contributed by atoms with Crippen molar-refractivity contribution in [3.63, 3.8) is 0 Å². The summed E-state index contributed by atoms with van der Waals surface area (Å²) < 4.78 is 35.1. The van der Waals surface area contributed by atoms with E-state index in [9.17, 15) is 19.2 Å². The van der Waals surface area contributed by atoms with E-state index in [2.05, 4.69) is 30.9 Å². The molecule has 12 rings (SSSR count). The van der Waals surface area contributed by atoms with Gasteiger partial charge in [-0.05, 0) is 160 Å². The number of hydrogen-bond acceptors (Lipinski definition) is 16. The molecule has 2 N–H and O–H groups in total. The van der Waals surface area contributed by atoms with Crippen molar-refractivity contribution < 1.29 is 47.2 Å². The number of aryl methyl sites for hydroxylation is 4. The molecule has 8 aromatic rings. The second-order valence-corrected chi connectivity index (χ2v) is 22.3. The van der Waals surface area contributed by atoms with Gasteiger partial charge in [-0.15, -0.1) is 0 Å². The van der Waals surface area contributed by atoms with Gasteiger partial charge >= 0.3 is 11.9 Å². The first-order valence-corrected chi connectivity index (χ1v) is 27.6. The summed E-state index contributed by atoms with van der Waals surface area (Å²) in [7, 11) is 3.76. The number of carbonyl (C=O) groups is 4. The molecule has 2 fully saturated rings. The van der Waals surface area contributed by atoms with Crippen LogP contribution < -0.4 is 20.1 Å². The van der Waals surface area contributed by atoms with Crippen LogP contribution in [-0.4, -0.2) is 107 Å². The van der Waals surface area contributed by atoms with E-state index in [-0.39, 0.29) is 11.8 Å². The third-order valence-corrected chi connectivity index (χ3v) is 16.7. The number of rotatable bonds is 10. The van der Waals surface area contributed by atoms with E-state index >= 15 is 0 Å². The molecule has 6 aromatic carbocycles. The molecule has 0 radical (unpaired) electrons. The number of amides is 2. The SMILES string of the molecule is Cc1nc(-c2ccc(-c3ccc(C(=O)Nc4ccc5c(c4)C4(CCCN(C)C(OC(=O)C(=O)OC6CC7(CCCN6C)COc6ccc(NC(=O)c8ccc(-c9ccc(-c%10noc(C)n%10)cc9C)cc8)cc67)C4)CO5)cc3)c(C)c2)no1. The van der Waals surface area contributed by atoms with Crippen LogP contribution in [0.3, 0.4) is 0 Å². The lowest BCUT2D eigenvalue weighted by Crippen LogP contribution is -2.44. The largest absolute Gasteiger partial charge is 0.492 e. The average Bonchev–Trinajstić information content (AvgIpc) is 3.19. The Morgan fingerprint density at radius 3 is 1.30 bits per heavy atom. The van der Waals surface area contributed by atoms with Crippen LogP contribution in [0.5, 0.6) is 11.5 Å². The third-order valence-electron chi connectivity index (χ3n) is 16.7. The smallest absolute Gasteiger partial charge is 0.419 e. The summed E-state index contributed by atoms with van der Waals surface area (Å²) in [6.07, 6.45) is 2.18. The Kier molecular flexibility index (Phi) is 14.3. The number of nitrogens with zero attached hydrogens (tertiary/aromatic N) is 6. The Morgan fingerprint density at radius 2 is 0.927 bits per heavy atom. The van der Waals surface area contributed by atoms with E-state index in [0.717, 1.165) is 81.3 Å². The first-order valence-electron chi connectivity index (χ1n) is 27.6. The average molecular weight is 1100 g/mol. The third kappa shape index (κ3) is 10.6. The zero-order valence-corrected chi connectivity index (χ0v) is 46.5. The Morgan fingerprint density at radius 1 is 0.524 bits per heavy atom. The number of nitrogens with one attached hydrogen (secondary N) is 2. The van der Waals surface area contributed by atoms with Gasteiger partial charge in [-0.2, -0.15) is 9.97 Å². The fraction of sp³-hybridized carbons (Fsp3) is 0.312. The van der Waals surface area contributed by atoms with Crippen molar-refractivity contribution in [2.45, 2.75) is 89.5 Å². The van der Waals surface area contributed by atoms with Gasteiger partial charge in [0.2, 0.25) is 23.4 Å². The monoisotopic (exact) mass is 1100 g/mol. The zero-order valence-electron chi connectivity index (χ0n) is 46.5. The van der Waals surface area contributed by atoms with Crippen molar-refractivity contribution in [2.75, 3.05) is 51.0 Å². The summed E-state index contributed by atoms with van der Waals surface area (Å²) in [5.41, 5.74) is 10.6. The van der Waals surface area contributed by atoms with E-state index in [4.69, 9.17) is 28.0 Å². The molecule has 18 heteroatoms. The van der Waals surface area contributed by atoms with Crippen molar-refractivity contribution in [3.05, 3.63) is 166 Å². The van der Waals surface area contributed by atoms with Crippen molar-refractivity contribution in [1.29, 1.82) is 0 Å². The summed E-state index contributed by atoms with van der Waals surface area (Å²) in [6.45, 7) is 9.48. The summed E-state index contributed by atoms with van der Waals surface area (Å²) in [5, 5.41) is 14.2. The van der Waals surface area contributed by atoms with Crippen LogP contribution >= 0.6 is 0 Å². The van der Waals surface area contributed by atoms with Crippen LogP contribution in [0.25, 0.3) is 45.0 Å². The molecule has 0 aliphatic carbocycles. The Hall–Kier alpha value is -9.00. The highest BCUT2D eigenvalue weighted by Gasteiger charge is 2.48. The topological polar surface area (TPSA) is 214 Å². The molecule has 2 saturated heterocycles. The normalized spacial score (nSPS) is 20.5. The molecule has 418 valence electrons. The first-order chi connectivity index (χ1) is 39.6. The molecule has 4 aliphatic heterocycles. The predicted octanol–water partition coefficient (Wildman–Crippen LogP) is 10.8. The van der Waals surface area contributed by atoms with E-state index in [1.807, 2.05) is 159 Å². The number of fused-ring (bicyclic) bond motifs is 4. The number of esters is 2. The summed E-state index contributed by atoms with van der Waals surface area (Å²) in [5.74, 6) is 0.770. The number of likely N-dealkylation sites (tertiary alicyclic amines) is 2. The number of carbonyl (C=O) groups excluding carboxylic acids is 4. The molecule has 2 aromatic heterocycles. The Labute approximate surface area is 474 Å². The van der Waals surface area contributed by atoms with Crippen LogP contribution in [-0.2, 0) is 29.9 Å². The quantitative estimate of drug-likeness (QED) is 0.0962. The number of benzene rings is 6. The molecule has 2 spiro atoms. The minimum atomic E-state index is -1.08. The van der Waals surface area contributed by atoms with Gasteiger partial charge < -0.3 is 38.6 Å². The second-order valence-electron chi connectivity index (χ2n) is 22.3. The highest BCUT2D eigenvalue weighted by molar-refractivity contribution is 6.29. The minimum Gasteiger partial charge on any atom is -0.492 e. The Balaban J connectivity index is 0.681. The maximum Gasteiger partial charge on any atom is 0.419 e. The molecule has 0 saturated carbocycles. The summed E-state index contributed by atoms with van der Waals surface area (Å²) in [4.78, 5) is 67.9. The number of anilines is 2.